The average molecular weight is 414 g/mol. The Morgan fingerprint density at radius 1 is 1.24 bits per heavy atom. The molecule has 2 N–H and O–H groups in total. The summed E-state index contributed by atoms with van der Waals surface area (Å²) >= 11 is 6.42. The first-order valence-electron chi connectivity index (χ1n) is 8.48. The number of carbonyl (C=O) groups excluding carboxylic acids is 1. The van der Waals surface area contributed by atoms with Crippen LogP contribution < -0.4 is 9.64 Å². The summed E-state index contributed by atoms with van der Waals surface area (Å²) < 4.78 is 9.96. The molecule has 0 amide bonds. The van der Waals surface area contributed by atoms with E-state index in [2.05, 4.69) is 20.1 Å². The molecule has 0 unspecified atom stereocenters. The van der Waals surface area contributed by atoms with E-state index in [4.69, 9.17) is 20.9 Å². The lowest BCUT2D eigenvalue weighted by atomic mass is 10.0. The van der Waals surface area contributed by atoms with Gasteiger partial charge in [-0.3, -0.25) is 4.79 Å². The molecule has 4 aromatic rings. The van der Waals surface area contributed by atoms with E-state index in [1.165, 1.54) is 13.2 Å². The number of nitrogens with zero attached hydrogens (tertiary/aromatic N) is 4. The predicted molar refractivity (Wildman–Crippen MR) is 107 cm³/mol. The number of aromatic amines is 1. The first kappa shape index (κ1) is 18.8. The number of rotatable bonds is 5. The molecular weight excluding hydrogens is 398 g/mol. The number of hydrogen-bond acceptors (Lipinski definition) is 8. The summed E-state index contributed by atoms with van der Waals surface area (Å²) in [6.45, 7) is 0. The highest BCUT2D eigenvalue weighted by Crippen LogP contribution is 2.37. The highest BCUT2D eigenvalue weighted by atomic mass is 35.5. The van der Waals surface area contributed by atoms with Gasteiger partial charge < -0.3 is 24.3 Å². The molecule has 0 aliphatic rings. The molecule has 4 rings (SSSR count). The Morgan fingerprint density at radius 2 is 1.97 bits per heavy atom. The van der Waals surface area contributed by atoms with E-state index in [0.29, 0.717) is 33.0 Å². The monoisotopic (exact) mass is 413 g/mol. The third kappa shape index (κ3) is 3.25. The molecule has 3 aromatic heterocycles. The zero-order chi connectivity index (χ0) is 20.7. The molecule has 9 nitrogen and oxygen atoms in total. The molecule has 29 heavy (non-hydrogen) atoms. The topological polar surface area (TPSA) is 117 Å². The summed E-state index contributed by atoms with van der Waals surface area (Å²) in [5.74, 6) is -0.187. The molecule has 0 saturated carbocycles. The van der Waals surface area contributed by atoms with Crippen LogP contribution in [0.25, 0.3) is 22.0 Å². The van der Waals surface area contributed by atoms with Crippen LogP contribution in [0.5, 0.6) is 11.8 Å². The number of methoxy groups -OCH3 is 1. The van der Waals surface area contributed by atoms with Crippen molar-refractivity contribution in [2.24, 2.45) is 0 Å². The number of hydrogen-bond donors (Lipinski definition) is 2. The number of carbonyl (C=O) groups is 1. The van der Waals surface area contributed by atoms with Gasteiger partial charge in [-0.2, -0.15) is 0 Å². The van der Waals surface area contributed by atoms with Crippen molar-refractivity contribution in [1.29, 1.82) is 0 Å². The second kappa shape index (κ2) is 7.10. The minimum absolute atomic E-state index is 0.0440. The quantitative estimate of drug-likeness (QED) is 0.478. The smallest absolute Gasteiger partial charge is 0.254 e. The molecule has 0 aliphatic carbocycles. The Bertz CT molecular complexity index is 1210. The lowest BCUT2D eigenvalue weighted by molar-refractivity contribution is 0.0999. The van der Waals surface area contributed by atoms with Gasteiger partial charge in [0.1, 0.15) is 0 Å². The van der Waals surface area contributed by atoms with Crippen LogP contribution >= 0.6 is 11.6 Å². The van der Waals surface area contributed by atoms with Crippen LogP contribution in [0.4, 0.5) is 5.95 Å². The maximum Gasteiger partial charge on any atom is 0.254 e. The molecule has 10 heteroatoms. The molecule has 0 saturated heterocycles. The summed E-state index contributed by atoms with van der Waals surface area (Å²) in [5.41, 5.74) is 1.83. The average Bonchev–Trinajstić information content (AvgIpc) is 3.30. The summed E-state index contributed by atoms with van der Waals surface area (Å²) in [5, 5.41) is 14.9. The zero-order valence-corrected chi connectivity index (χ0v) is 16.5. The number of ketones is 1. The van der Waals surface area contributed by atoms with Gasteiger partial charge in [0.2, 0.25) is 23.4 Å². The van der Waals surface area contributed by atoms with Gasteiger partial charge in [-0.05, 0) is 17.3 Å². The number of aromatic hydroxyl groups is 1. The van der Waals surface area contributed by atoms with Crippen molar-refractivity contribution < 1.29 is 19.2 Å². The summed E-state index contributed by atoms with van der Waals surface area (Å²) in [6, 6.07) is 4.68. The largest absolute Gasteiger partial charge is 0.494 e. The Labute approximate surface area is 169 Å². The molecule has 1 aromatic carbocycles. The van der Waals surface area contributed by atoms with E-state index >= 15 is 0 Å². The number of fused-ring (bicyclic) bond motifs is 1. The van der Waals surface area contributed by atoms with Gasteiger partial charge in [0.25, 0.3) is 5.88 Å². The van der Waals surface area contributed by atoms with Crippen molar-refractivity contribution in [1.82, 2.24) is 20.1 Å². The van der Waals surface area contributed by atoms with Gasteiger partial charge >= 0.3 is 0 Å². The minimum Gasteiger partial charge on any atom is -0.494 e. The highest BCUT2D eigenvalue weighted by molar-refractivity contribution is 6.34. The summed E-state index contributed by atoms with van der Waals surface area (Å²) in [4.78, 5) is 26.0. The predicted octanol–water partition coefficient (Wildman–Crippen LogP) is 3.28. The molecule has 0 radical (unpaired) electrons. The standard InChI is InChI=1S/C19H16ClN5O4/c1-25(2)19-21-7-9(8-22-19)10-4-11-13(5-12(10)20)23-18(27)16(11)17(26)14-6-15(28-3)24-29-14/h4-8,23,27H,1-3H3. The first-order valence-corrected chi connectivity index (χ1v) is 8.86. The molecule has 0 atom stereocenters. The van der Waals surface area contributed by atoms with Crippen molar-refractivity contribution in [3.8, 4) is 22.9 Å². The van der Waals surface area contributed by atoms with Gasteiger partial charge in [-0.1, -0.05) is 11.6 Å². The van der Waals surface area contributed by atoms with E-state index in [9.17, 15) is 9.90 Å². The van der Waals surface area contributed by atoms with Gasteiger partial charge in [0.15, 0.2) is 0 Å². The molecule has 0 fully saturated rings. The lowest BCUT2D eigenvalue weighted by Gasteiger charge is -2.10. The first-order chi connectivity index (χ1) is 13.9. The van der Waals surface area contributed by atoms with E-state index in [-0.39, 0.29) is 23.1 Å². The van der Waals surface area contributed by atoms with Gasteiger partial charge in [-0.25, -0.2) is 9.97 Å². The lowest BCUT2D eigenvalue weighted by Crippen LogP contribution is -2.12. The third-order valence-corrected chi connectivity index (χ3v) is 4.68. The van der Waals surface area contributed by atoms with Crippen LogP contribution in [-0.4, -0.2) is 52.2 Å². The number of halogens is 1. The van der Waals surface area contributed by atoms with Crippen molar-refractivity contribution in [3.05, 3.63) is 46.9 Å². The maximum atomic E-state index is 12.9. The fraction of sp³-hybridized carbons (Fsp3) is 0.158. The SMILES string of the molecule is COc1cc(C(=O)c2c(O)[nH]c3cc(Cl)c(-c4cnc(N(C)C)nc4)cc23)on1. The Balaban J connectivity index is 1.83. The van der Waals surface area contributed by atoms with Gasteiger partial charge in [0.05, 0.1) is 29.3 Å². The van der Waals surface area contributed by atoms with Crippen LogP contribution in [0.2, 0.25) is 5.02 Å². The van der Waals surface area contributed by atoms with E-state index in [1.807, 2.05) is 14.1 Å². The number of aromatic nitrogens is 4. The number of ether oxygens (including phenoxy) is 1. The second-order valence-electron chi connectivity index (χ2n) is 6.46. The maximum absolute atomic E-state index is 12.9. The third-order valence-electron chi connectivity index (χ3n) is 4.36. The van der Waals surface area contributed by atoms with Crippen LogP contribution in [0.3, 0.4) is 0 Å². The van der Waals surface area contributed by atoms with Crippen molar-refractivity contribution >= 4 is 34.2 Å². The van der Waals surface area contributed by atoms with Crippen LogP contribution in [0.15, 0.2) is 35.1 Å². The molecule has 3 heterocycles. The Hall–Kier alpha value is -3.59. The summed E-state index contributed by atoms with van der Waals surface area (Å²) in [6.07, 6.45) is 3.29. The normalized spacial score (nSPS) is 11.0. The van der Waals surface area contributed by atoms with Crippen LogP contribution in [0, 0.1) is 0 Å². The molecule has 148 valence electrons. The molecule has 0 bridgehead atoms. The number of nitrogens with one attached hydrogen (secondary N) is 1. The second-order valence-corrected chi connectivity index (χ2v) is 6.86. The number of anilines is 1. The van der Waals surface area contributed by atoms with Gasteiger partial charge in [0, 0.05) is 43.0 Å². The van der Waals surface area contributed by atoms with Gasteiger partial charge in [-0.15, -0.1) is 0 Å². The van der Waals surface area contributed by atoms with Crippen molar-refractivity contribution in [2.75, 3.05) is 26.1 Å². The zero-order valence-electron chi connectivity index (χ0n) is 15.7. The number of H-pyrrole nitrogens is 1. The molecular formula is C19H16ClN5O4. The number of benzene rings is 1. The van der Waals surface area contributed by atoms with Crippen molar-refractivity contribution in [3.63, 3.8) is 0 Å². The van der Waals surface area contributed by atoms with Crippen LogP contribution in [0.1, 0.15) is 16.1 Å². The fourth-order valence-corrected chi connectivity index (χ4v) is 3.20. The Morgan fingerprint density at radius 3 is 2.59 bits per heavy atom. The highest BCUT2D eigenvalue weighted by Gasteiger charge is 2.25. The molecule has 0 spiro atoms. The van der Waals surface area contributed by atoms with E-state index in [1.54, 1.807) is 29.4 Å². The Kier molecular flexibility index (Phi) is 4.59. The van der Waals surface area contributed by atoms with E-state index in [0.717, 1.165) is 0 Å². The minimum atomic E-state index is -0.544. The summed E-state index contributed by atoms with van der Waals surface area (Å²) in [7, 11) is 5.09. The van der Waals surface area contributed by atoms with Crippen LogP contribution in [-0.2, 0) is 0 Å². The van der Waals surface area contributed by atoms with Crippen molar-refractivity contribution in [2.45, 2.75) is 0 Å². The molecule has 0 aliphatic heterocycles. The fourth-order valence-electron chi connectivity index (χ4n) is 2.93. The van der Waals surface area contributed by atoms with E-state index < -0.39 is 5.78 Å².